The maximum atomic E-state index is 11.4. The largest absolute Gasteiger partial charge is 0.328 e. The second-order valence-corrected chi connectivity index (χ2v) is 4.30. The number of benzene rings is 1. The molecule has 3 aromatic rings. The van der Waals surface area contributed by atoms with Gasteiger partial charge in [0.2, 0.25) is 0 Å². The Balaban J connectivity index is 2.31. The molecule has 3 rings (SSSR count). The summed E-state index contributed by atoms with van der Waals surface area (Å²) in [5, 5.41) is 2.23. The Morgan fingerprint density at radius 1 is 1.22 bits per heavy atom. The molecule has 0 fully saturated rings. The van der Waals surface area contributed by atoms with Gasteiger partial charge in [-0.15, -0.1) is 0 Å². The van der Waals surface area contributed by atoms with Gasteiger partial charge in [-0.3, -0.25) is 9.78 Å². The van der Waals surface area contributed by atoms with E-state index in [9.17, 15) is 4.79 Å². The highest BCUT2D eigenvalue weighted by Gasteiger charge is 2.04. The summed E-state index contributed by atoms with van der Waals surface area (Å²) in [4.78, 5) is 18.3. The van der Waals surface area contributed by atoms with Crippen LogP contribution in [0.5, 0.6) is 0 Å². The second-order valence-electron chi connectivity index (χ2n) is 4.30. The third-order valence-electron chi connectivity index (χ3n) is 3.08. The van der Waals surface area contributed by atoms with Crippen molar-refractivity contribution < 1.29 is 0 Å². The molecule has 0 aliphatic heterocycles. The van der Waals surface area contributed by atoms with E-state index in [1.165, 1.54) is 0 Å². The van der Waals surface area contributed by atoms with Crippen LogP contribution in [0.15, 0.2) is 53.7 Å². The highest BCUT2D eigenvalue weighted by atomic mass is 16.1. The number of pyridine rings is 2. The molecule has 0 atom stereocenters. The van der Waals surface area contributed by atoms with Gasteiger partial charge in [-0.05, 0) is 35.6 Å². The fourth-order valence-corrected chi connectivity index (χ4v) is 2.12. The van der Waals surface area contributed by atoms with E-state index in [2.05, 4.69) is 16.0 Å². The number of H-pyrrole nitrogens is 1. The van der Waals surface area contributed by atoms with Gasteiger partial charge in [-0.1, -0.05) is 18.2 Å². The van der Waals surface area contributed by atoms with E-state index in [-0.39, 0.29) is 5.56 Å². The van der Waals surface area contributed by atoms with Crippen molar-refractivity contribution in [3.05, 3.63) is 64.8 Å². The first-order chi connectivity index (χ1) is 8.75. The summed E-state index contributed by atoms with van der Waals surface area (Å²) in [7, 11) is 0. The Labute approximate surface area is 104 Å². The van der Waals surface area contributed by atoms with Gasteiger partial charge in [0.25, 0.3) is 5.56 Å². The number of hydrogen-bond acceptors (Lipinski definition) is 2. The average Bonchev–Trinajstić information content (AvgIpc) is 2.41. The van der Waals surface area contributed by atoms with Gasteiger partial charge >= 0.3 is 0 Å². The van der Waals surface area contributed by atoms with E-state index >= 15 is 0 Å². The monoisotopic (exact) mass is 236 g/mol. The Hall–Kier alpha value is -2.42. The number of hydrogen-bond donors (Lipinski definition) is 1. The molecule has 0 spiro atoms. The first-order valence-electron chi connectivity index (χ1n) is 5.78. The van der Waals surface area contributed by atoms with E-state index in [1.807, 2.05) is 37.4 Å². The molecule has 88 valence electrons. The van der Waals surface area contributed by atoms with Crippen LogP contribution < -0.4 is 5.56 Å². The lowest BCUT2D eigenvalue weighted by atomic mass is 10.0. The first kappa shape index (κ1) is 10.7. The lowest BCUT2D eigenvalue weighted by Crippen LogP contribution is -2.07. The third-order valence-corrected chi connectivity index (χ3v) is 3.08. The van der Waals surface area contributed by atoms with Crippen LogP contribution in [0.2, 0.25) is 0 Å². The molecule has 1 N–H and O–H groups in total. The summed E-state index contributed by atoms with van der Waals surface area (Å²) >= 11 is 0. The van der Waals surface area contributed by atoms with Crippen LogP contribution in [0.3, 0.4) is 0 Å². The molecule has 0 bridgehead atoms. The van der Waals surface area contributed by atoms with Gasteiger partial charge in [-0.25, -0.2) is 0 Å². The zero-order valence-corrected chi connectivity index (χ0v) is 9.97. The van der Waals surface area contributed by atoms with Gasteiger partial charge in [0.15, 0.2) is 0 Å². The van der Waals surface area contributed by atoms with Crippen molar-refractivity contribution in [2.24, 2.45) is 0 Å². The molecule has 3 heteroatoms. The van der Waals surface area contributed by atoms with E-state index < -0.39 is 0 Å². The summed E-state index contributed by atoms with van der Waals surface area (Å²) in [5.41, 5.74) is 2.76. The van der Waals surface area contributed by atoms with E-state index in [4.69, 9.17) is 0 Å². The predicted molar refractivity (Wildman–Crippen MR) is 72.5 cm³/mol. The second kappa shape index (κ2) is 4.11. The molecule has 18 heavy (non-hydrogen) atoms. The van der Waals surface area contributed by atoms with Crippen LogP contribution in [-0.4, -0.2) is 9.97 Å². The Bertz CT molecular complexity index is 769. The minimum atomic E-state index is -0.0443. The van der Waals surface area contributed by atoms with Crippen molar-refractivity contribution in [2.45, 2.75) is 6.92 Å². The number of aromatic amines is 1. The zero-order valence-electron chi connectivity index (χ0n) is 9.97. The lowest BCUT2D eigenvalue weighted by molar-refractivity contribution is 1.18. The number of nitrogens with one attached hydrogen (secondary N) is 1. The molecule has 2 aromatic heterocycles. The van der Waals surface area contributed by atoms with Crippen molar-refractivity contribution in [3.63, 3.8) is 0 Å². The molecule has 0 radical (unpaired) electrons. The zero-order chi connectivity index (χ0) is 12.5. The predicted octanol–water partition coefficient (Wildman–Crippen LogP) is 2.90. The molecular formula is C15H12N2O. The molecule has 3 nitrogen and oxygen atoms in total. The maximum Gasteiger partial charge on any atom is 0.250 e. The molecule has 2 heterocycles. The van der Waals surface area contributed by atoms with Gasteiger partial charge in [0.1, 0.15) is 0 Å². The van der Waals surface area contributed by atoms with Crippen LogP contribution in [0.4, 0.5) is 0 Å². The van der Waals surface area contributed by atoms with Crippen LogP contribution in [0.25, 0.3) is 21.9 Å². The van der Waals surface area contributed by atoms with Gasteiger partial charge in [0.05, 0.1) is 0 Å². The summed E-state index contributed by atoms with van der Waals surface area (Å²) in [6, 6.07) is 9.99. The molecule has 0 amide bonds. The highest BCUT2D eigenvalue weighted by molar-refractivity contribution is 5.95. The molecule has 0 aliphatic carbocycles. The van der Waals surface area contributed by atoms with Crippen molar-refractivity contribution in [2.75, 3.05) is 0 Å². The van der Waals surface area contributed by atoms with Crippen LogP contribution in [0, 0.1) is 6.92 Å². The SMILES string of the molecule is Cc1cc(-c2cccc3ccncc23)c[nH]c1=O. The van der Waals surface area contributed by atoms with E-state index in [0.717, 1.165) is 21.9 Å². The fraction of sp³-hybridized carbons (Fsp3) is 0.0667. The minimum Gasteiger partial charge on any atom is -0.328 e. The van der Waals surface area contributed by atoms with E-state index in [0.29, 0.717) is 5.56 Å². The van der Waals surface area contributed by atoms with Crippen LogP contribution >= 0.6 is 0 Å². The average molecular weight is 236 g/mol. The number of aromatic nitrogens is 2. The Morgan fingerprint density at radius 2 is 2.11 bits per heavy atom. The molecule has 0 saturated carbocycles. The first-order valence-corrected chi connectivity index (χ1v) is 5.78. The standard InChI is InChI=1S/C15H12N2O/c1-10-7-12(8-17-15(10)18)13-4-2-3-11-5-6-16-9-14(11)13/h2-9H,1H3,(H,17,18). The lowest BCUT2D eigenvalue weighted by Gasteiger charge is -2.06. The number of nitrogens with zero attached hydrogens (tertiary/aromatic N) is 1. The van der Waals surface area contributed by atoms with Gasteiger partial charge in [-0.2, -0.15) is 0 Å². The quantitative estimate of drug-likeness (QED) is 0.706. The number of aryl methyl sites for hydroxylation is 1. The minimum absolute atomic E-state index is 0.0443. The molecule has 0 aliphatic rings. The number of fused-ring (bicyclic) bond motifs is 1. The maximum absolute atomic E-state index is 11.4. The Morgan fingerprint density at radius 3 is 2.94 bits per heavy atom. The van der Waals surface area contributed by atoms with Crippen molar-refractivity contribution >= 4 is 10.8 Å². The molecule has 0 saturated heterocycles. The van der Waals surface area contributed by atoms with Gasteiger partial charge in [0, 0.05) is 29.5 Å². The summed E-state index contributed by atoms with van der Waals surface area (Å²) in [6.45, 7) is 1.81. The van der Waals surface area contributed by atoms with Crippen LogP contribution in [-0.2, 0) is 0 Å². The van der Waals surface area contributed by atoms with Gasteiger partial charge < -0.3 is 4.98 Å². The van der Waals surface area contributed by atoms with Crippen molar-refractivity contribution in [1.82, 2.24) is 9.97 Å². The summed E-state index contributed by atoms with van der Waals surface area (Å²) in [5.74, 6) is 0. The Kier molecular flexibility index (Phi) is 2.45. The molecule has 0 unspecified atom stereocenters. The van der Waals surface area contributed by atoms with Crippen LogP contribution in [0.1, 0.15) is 5.56 Å². The van der Waals surface area contributed by atoms with Crippen molar-refractivity contribution in [1.29, 1.82) is 0 Å². The van der Waals surface area contributed by atoms with E-state index in [1.54, 1.807) is 12.4 Å². The fourth-order valence-electron chi connectivity index (χ4n) is 2.12. The van der Waals surface area contributed by atoms with Crippen molar-refractivity contribution in [3.8, 4) is 11.1 Å². The third kappa shape index (κ3) is 1.70. The normalized spacial score (nSPS) is 10.7. The molecule has 1 aromatic carbocycles. The number of rotatable bonds is 1. The molecular weight excluding hydrogens is 224 g/mol. The smallest absolute Gasteiger partial charge is 0.250 e. The highest BCUT2D eigenvalue weighted by Crippen LogP contribution is 2.27. The topological polar surface area (TPSA) is 45.8 Å². The summed E-state index contributed by atoms with van der Waals surface area (Å²) < 4.78 is 0. The summed E-state index contributed by atoms with van der Waals surface area (Å²) in [6.07, 6.45) is 5.38.